The highest BCUT2D eigenvalue weighted by molar-refractivity contribution is 14.0. The minimum absolute atomic E-state index is 0. The van der Waals surface area contributed by atoms with Crippen molar-refractivity contribution in [2.24, 2.45) is 4.99 Å². The monoisotopic (exact) mass is 574 g/mol. The van der Waals surface area contributed by atoms with E-state index in [0.717, 1.165) is 27.8 Å². The lowest BCUT2D eigenvalue weighted by atomic mass is 10.1. The molecule has 0 radical (unpaired) electrons. The van der Waals surface area contributed by atoms with Gasteiger partial charge in [-0.2, -0.15) is 0 Å². The van der Waals surface area contributed by atoms with E-state index in [1.54, 1.807) is 26.1 Å². The second kappa shape index (κ2) is 13.4. The normalized spacial score (nSPS) is 10.7. The van der Waals surface area contributed by atoms with Crippen LogP contribution >= 0.6 is 39.9 Å². The highest BCUT2D eigenvalue weighted by Crippen LogP contribution is 2.17. The van der Waals surface area contributed by atoms with Crippen molar-refractivity contribution in [3.8, 4) is 5.75 Å². The molecule has 0 unspecified atom stereocenters. The molecule has 0 saturated carbocycles. The third-order valence-electron chi connectivity index (χ3n) is 4.12. The van der Waals surface area contributed by atoms with Gasteiger partial charge in [0.05, 0.1) is 20.2 Å². The maximum Gasteiger partial charge on any atom is 0.241 e. The molecule has 1 amide bonds. The smallest absolute Gasteiger partial charge is 0.241 e. The second-order valence-electron chi connectivity index (χ2n) is 6.42. The van der Waals surface area contributed by atoms with Crippen LogP contribution in [-0.4, -0.2) is 51.1 Å². The molecule has 158 valence electrons. The number of guanidine groups is 1. The van der Waals surface area contributed by atoms with Crippen LogP contribution in [0.3, 0.4) is 0 Å². The molecule has 0 fully saturated rings. The minimum Gasteiger partial charge on any atom is -0.496 e. The van der Waals surface area contributed by atoms with Crippen LogP contribution in [0.2, 0.25) is 0 Å². The number of aliphatic imine (C=N–C) groups is 1. The maximum atomic E-state index is 11.9. The third kappa shape index (κ3) is 9.03. The number of carbonyl (C=O) groups excluding carboxylic acids is 1. The summed E-state index contributed by atoms with van der Waals surface area (Å²) in [5.74, 6) is 1.46. The molecule has 0 heterocycles. The van der Waals surface area contributed by atoms with Gasteiger partial charge in [-0.1, -0.05) is 46.3 Å². The Labute approximate surface area is 198 Å². The summed E-state index contributed by atoms with van der Waals surface area (Å²) in [7, 11) is 5.14. The Balaban J connectivity index is 0.00000420. The van der Waals surface area contributed by atoms with Gasteiger partial charge in [-0.05, 0) is 35.7 Å². The third-order valence-corrected chi connectivity index (χ3v) is 4.65. The average molecular weight is 575 g/mol. The van der Waals surface area contributed by atoms with Crippen molar-refractivity contribution in [1.29, 1.82) is 0 Å². The molecule has 2 rings (SSSR count). The molecule has 0 atom stereocenters. The summed E-state index contributed by atoms with van der Waals surface area (Å²) < 4.78 is 6.43. The number of hydrogen-bond donors (Lipinski definition) is 2. The molecule has 0 aliphatic rings. The zero-order valence-electron chi connectivity index (χ0n) is 16.9. The van der Waals surface area contributed by atoms with E-state index < -0.39 is 0 Å². The van der Waals surface area contributed by atoms with Crippen molar-refractivity contribution in [3.05, 3.63) is 64.1 Å². The van der Waals surface area contributed by atoms with Crippen molar-refractivity contribution in [1.82, 2.24) is 15.5 Å². The highest BCUT2D eigenvalue weighted by Gasteiger charge is 2.07. The van der Waals surface area contributed by atoms with Crippen molar-refractivity contribution in [3.63, 3.8) is 0 Å². The summed E-state index contributed by atoms with van der Waals surface area (Å²) in [4.78, 5) is 18.1. The predicted octanol–water partition coefficient (Wildman–Crippen LogP) is 3.44. The van der Waals surface area contributed by atoms with Crippen LogP contribution < -0.4 is 15.4 Å². The Bertz CT molecular complexity index is 798. The van der Waals surface area contributed by atoms with Crippen molar-refractivity contribution < 1.29 is 9.53 Å². The molecule has 0 spiro atoms. The van der Waals surface area contributed by atoms with E-state index in [9.17, 15) is 4.79 Å². The number of para-hydroxylation sites is 1. The van der Waals surface area contributed by atoms with Crippen molar-refractivity contribution in [2.45, 2.75) is 13.0 Å². The molecular weight excluding hydrogens is 547 g/mol. The molecule has 0 saturated heterocycles. The van der Waals surface area contributed by atoms with Gasteiger partial charge in [0.15, 0.2) is 5.96 Å². The van der Waals surface area contributed by atoms with Crippen LogP contribution in [0, 0.1) is 0 Å². The second-order valence-corrected chi connectivity index (χ2v) is 7.34. The first-order chi connectivity index (χ1) is 13.5. The van der Waals surface area contributed by atoms with Crippen LogP contribution in [0.1, 0.15) is 11.1 Å². The van der Waals surface area contributed by atoms with Gasteiger partial charge in [-0.3, -0.25) is 4.79 Å². The van der Waals surface area contributed by atoms with Crippen LogP contribution in [-0.2, 0) is 17.8 Å². The average Bonchev–Trinajstić information content (AvgIpc) is 2.70. The predicted molar refractivity (Wildman–Crippen MR) is 132 cm³/mol. The lowest BCUT2D eigenvalue weighted by molar-refractivity contribution is -0.127. The van der Waals surface area contributed by atoms with E-state index in [-0.39, 0.29) is 36.4 Å². The maximum absolute atomic E-state index is 11.9. The lowest BCUT2D eigenvalue weighted by Gasteiger charge is -2.15. The summed E-state index contributed by atoms with van der Waals surface area (Å²) in [6.45, 7) is 1.38. The molecule has 0 aliphatic carbocycles. The van der Waals surface area contributed by atoms with E-state index in [4.69, 9.17) is 4.74 Å². The largest absolute Gasteiger partial charge is 0.496 e. The van der Waals surface area contributed by atoms with E-state index in [1.165, 1.54) is 0 Å². The van der Waals surface area contributed by atoms with Gasteiger partial charge >= 0.3 is 0 Å². The van der Waals surface area contributed by atoms with Crippen molar-refractivity contribution >= 4 is 51.8 Å². The quantitative estimate of drug-likeness (QED) is 0.288. The lowest BCUT2D eigenvalue weighted by Crippen LogP contribution is -2.43. The fourth-order valence-corrected chi connectivity index (χ4v) is 2.74. The van der Waals surface area contributed by atoms with E-state index >= 15 is 0 Å². The van der Waals surface area contributed by atoms with Gasteiger partial charge in [-0.25, -0.2) is 4.99 Å². The molecule has 2 aromatic carbocycles. The number of methoxy groups -OCH3 is 1. The number of likely N-dealkylation sites (N-methyl/N-ethyl adjacent to an activating group) is 1. The van der Waals surface area contributed by atoms with E-state index in [0.29, 0.717) is 19.0 Å². The Morgan fingerprint density at radius 3 is 2.45 bits per heavy atom. The first kappa shape index (κ1) is 25.2. The number of halogens is 2. The summed E-state index contributed by atoms with van der Waals surface area (Å²) in [6, 6.07) is 16.0. The fourth-order valence-electron chi connectivity index (χ4n) is 2.48. The number of nitrogens with zero attached hydrogens (tertiary/aromatic N) is 2. The van der Waals surface area contributed by atoms with Gasteiger partial charge in [-0.15, -0.1) is 24.0 Å². The topological polar surface area (TPSA) is 66.0 Å². The van der Waals surface area contributed by atoms with Gasteiger partial charge in [0.2, 0.25) is 5.91 Å². The number of hydrogen-bond acceptors (Lipinski definition) is 3. The Hall–Kier alpha value is -1.81. The number of carbonyl (C=O) groups is 1. The SMILES string of the molecule is COc1ccccc1CCNC(=NCc1ccc(Br)cc1)NCC(=O)N(C)C.I. The molecule has 2 aromatic rings. The minimum atomic E-state index is -0.0112. The molecule has 0 aliphatic heterocycles. The number of nitrogens with one attached hydrogen (secondary N) is 2. The molecule has 2 N–H and O–H groups in total. The van der Waals surface area contributed by atoms with Crippen LogP contribution in [0.25, 0.3) is 0 Å². The summed E-state index contributed by atoms with van der Waals surface area (Å²) in [5.41, 5.74) is 2.21. The number of amides is 1. The molecule has 6 nitrogen and oxygen atoms in total. The Morgan fingerprint density at radius 2 is 1.79 bits per heavy atom. The molecule has 0 bridgehead atoms. The zero-order chi connectivity index (χ0) is 20.4. The zero-order valence-corrected chi connectivity index (χ0v) is 20.9. The standard InChI is InChI=1S/C21H27BrN4O2.HI/c1-26(2)20(27)15-25-21(24-14-16-8-10-18(22)11-9-16)23-13-12-17-6-4-5-7-19(17)28-3;/h4-11H,12-15H2,1-3H3,(H2,23,24,25);1H. The summed E-state index contributed by atoms with van der Waals surface area (Å²) >= 11 is 3.44. The van der Waals surface area contributed by atoms with E-state index in [1.807, 2.05) is 48.5 Å². The van der Waals surface area contributed by atoms with Gasteiger partial charge in [0.25, 0.3) is 0 Å². The number of rotatable bonds is 8. The Kier molecular flexibility index (Phi) is 11.7. The van der Waals surface area contributed by atoms with Crippen molar-refractivity contribution in [2.75, 3.05) is 34.3 Å². The van der Waals surface area contributed by atoms with Gasteiger partial charge in [0, 0.05) is 25.1 Å². The fraction of sp³-hybridized carbons (Fsp3) is 0.333. The van der Waals surface area contributed by atoms with Gasteiger partial charge in [0.1, 0.15) is 5.75 Å². The number of ether oxygens (including phenoxy) is 1. The summed E-state index contributed by atoms with van der Waals surface area (Å²) in [5, 5.41) is 6.40. The molecule has 8 heteroatoms. The first-order valence-electron chi connectivity index (χ1n) is 9.08. The molecular formula is C21H28BrIN4O2. The number of benzene rings is 2. The molecule has 29 heavy (non-hydrogen) atoms. The first-order valence-corrected chi connectivity index (χ1v) is 9.87. The van der Waals surface area contributed by atoms with Crippen LogP contribution in [0.15, 0.2) is 58.0 Å². The highest BCUT2D eigenvalue weighted by atomic mass is 127. The van der Waals surface area contributed by atoms with Crippen LogP contribution in [0.4, 0.5) is 0 Å². The van der Waals surface area contributed by atoms with Gasteiger partial charge < -0.3 is 20.3 Å². The van der Waals surface area contributed by atoms with Crippen LogP contribution in [0.5, 0.6) is 5.75 Å². The Morgan fingerprint density at radius 1 is 1.10 bits per heavy atom. The van der Waals surface area contributed by atoms with E-state index in [2.05, 4.69) is 31.6 Å². The molecule has 0 aromatic heterocycles. The summed E-state index contributed by atoms with van der Waals surface area (Å²) in [6.07, 6.45) is 0.782.